The molecule has 0 radical (unpaired) electrons. The van der Waals surface area contributed by atoms with Gasteiger partial charge < -0.3 is 10.1 Å². The normalized spacial score (nSPS) is 10.2. The standard InChI is InChI=1S/C21H19NO2S/c23-21(15-16-24-17-9-3-1-4-10-17)22-19-13-7-8-14-20(19)25-18-11-5-2-6-12-18/h1-14H,15-16H2,(H,22,23). The van der Waals surface area contributed by atoms with E-state index in [1.54, 1.807) is 11.8 Å². The van der Waals surface area contributed by atoms with Gasteiger partial charge in [-0.1, -0.05) is 60.3 Å². The molecule has 126 valence electrons. The van der Waals surface area contributed by atoms with Crippen molar-refractivity contribution in [3.8, 4) is 5.75 Å². The second kappa shape index (κ2) is 8.94. The van der Waals surface area contributed by atoms with Gasteiger partial charge in [-0.3, -0.25) is 4.79 Å². The molecule has 3 nitrogen and oxygen atoms in total. The van der Waals surface area contributed by atoms with Crippen LogP contribution in [0.4, 0.5) is 5.69 Å². The highest BCUT2D eigenvalue weighted by Crippen LogP contribution is 2.33. The van der Waals surface area contributed by atoms with Gasteiger partial charge in [0.15, 0.2) is 0 Å². The molecule has 25 heavy (non-hydrogen) atoms. The van der Waals surface area contributed by atoms with Crippen molar-refractivity contribution in [2.75, 3.05) is 11.9 Å². The topological polar surface area (TPSA) is 38.3 Å². The first kappa shape index (κ1) is 17.1. The zero-order valence-corrected chi connectivity index (χ0v) is 14.5. The van der Waals surface area contributed by atoms with Crippen molar-refractivity contribution >= 4 is 23.4 Å². The summed E-state index contributed by atoms with van der Waals surface area (Å²) in [5.41, 5.74) is 0.820. The number of nitrogens with one attached hydrogen (secondary N) is 1. The Morgan fingerprint density at radius 1 is 0.840 bits per heavy atom. The molecule has 0 saturated heterocycles. The Bertz CT molecular complexity index is 806. The molecule has 1 N–H and O–H groups in total. The van der Waals surface area contributed by atoms with E-state index in [2.05, 4.69) is 17.4 Å². The molecule has 0 atom stereocenters. The number of carbonyl (C=O) groups excluding carboxylic acids is 1. The maximum atomic E-state index is 12.2. The first-order valence-corrected chi connectivity index (χ1v) is 8.92. The van der Waals surface area contributed by atoms with E-state index in [9.17, 15) is 4.79 Å². The van der Waals surface area contributed by atoms with Crippen molar-refractivity contribution in [2.24, 2.45) is 0 Å². The highest BCUT2D eigenvalue weighted by Gasteiger charge is 2.08. The van der Waals surface area contributed by atoms with E-state index in [1.165, 1.54) is 0 Å². The molecular weight excluding hydrogens is 330 g/mol. The van der Waals surface area contributed by atoms with Gasteiger partial charge in [-0.2, -0.15) is 0 Å². The SMILES string of the molecule is O=C(CCOc1ccccc1)Nc1ccccc1Sc1ccccc1. The summed E-state index contributed by atoms with van der Waals surface area (Å²) >= 11 is 1.63. The molecule has 0 aromatic heterocycles. The number of benzene rings is 3. The Kier molecular flexibility index (Phi) is 6.12. The van der Waals surface area contributed by atoms with Gasteiger partial charge >= 0.3 is 0 Å². The fraction of sp³-hybridized carbons (Fsp3) is 0.0952. The lowest BCUT2D eigenvalue weighted by molar-refractivity contribution is -0.116. The van der Waals surface area contributed by atoms with E-state index in [1.807, 2.05) is 72.8 Å². The van der Waals surface area contributed by atoms with Crippen molar-refractivity contribution in [3.63, 3.8) is 0 Å². The van der Waals surface area contributed by atoms with Crippen LogP contribution in [-0.4, -0.2) is 12.5 Å². The molecule has 0 heterocycles. The van der Waals surface area contributed by atoms with Crippen molar-refractivity contribution in [3.05, 3.63) is 84.9 Å². The molecule has 0 aliphatic heterocycles. The number of carbonyl (C=O) groups is 1. The third kappa shape index (κ3) is 5.40. The average Bonchev–Trinajstić information content (AvgIpc) is 2.65. The third-order valence-electron chi connectivity index (χ3n) is 3.47. The number of amides is 1. The molecule has 0 bridgehead atoms. The minimum absolute atomic E-state index is 0.0583. The summed E-state index contributed by atoms with van der Waals surface area (Å²) in [5.74, 6) is 0.715. The Balaban J connectivity index is 1.56. The van der Waals surface area contributed by atoms with Crippen LogP contribution in [0.15, 0.2) is 94.7 Å². The van der Waals surface area contributed by atoms with Gasteiger partial charge in [-0.15, -0.1) is 0 Å². The van der Waals surface area contributed by atoms with Gasteiger partial charge in [-0.25, -0.2) is 0 Å². The summed E-state index contributed by atoms with van der Waals surface area (Å²) in [4.78, 5) is 14.4. The van der Waals surface area contributed by atoms with Crippen LogP contribution in [0.5, 0.6) is 5.75 Å². The zero-order valence-electron chi connectivity index (χ0n) is 13.7. The summed E-state index contributed by atoms with van der Waals surface area (Å²) in [6, 6.07) is 27.4. The highest BCUT2D eigenvalue weighted by molar-refractivity contribution is 7.99. The summed E-state index contributed by atoms with van der Waals surface area (Å²) in [5, 5.41) is 2.98. The predicted octanol–water partition coefficient (Wildman–Crippen LogP) is 5.25. The van der Waals surface area contributed by atoms with Gasteiger partial charge in [0.25, 0.3) is 0 Å². The molecule has 3 aromatic rings. The number of hydrogen-bond acceptors (Lipinski definition) is 3. The molecule has 0 aliphatic carbocycles. The van der Waals surface area contributed by atoms with Gasteiger partial charge in [-0.05, 0) is 36.4 Å². The van der Waals surface area contributed by atoms with Gasteiger partial charge in [0.05, 0.1) is 18.7 Å². The minimum Gasteiger partial charge on any atom is -0.493 e. The van der Waals surface area contributed by atoms with Crippen LogP contribution >= 0.6 is 11.8 Å². The van der Waals surface area contributed by atoms with Crippen molar-refractivity contribution < 1.29 is 9.53 Å². The van der Waals surface area contributed by atoms with E-state index in [0.717, 1.165) is 21.2 Å². The molecule has 3 aromatic carbocycles. The Morgan fingerprint density at radius 2 is 1.48 bits per heavy atom. The fourth-order valence-electron chi connectivity index (χ4n) is 2.27. The Morgan fingerprint density at radius 3 is 2.24 bits per heavy atom. The van der Waals surface area contributed by atoms with Crippen molar-refractivity contribution in [1.82, 2.24) is 0 Å². The summed E-state index contributed by atoms with van der Waals surface area (Å²) in [6.45, 7) is 0.351. The summed E-state index contributed by atoms with van der Waals surface area (Å²) < 4.78 is 5.57. The maximum Gasteiger partial charge on any atom is 0.227 e. The van der Waals surface area contributed by atoms with Crippen LogP contribution in [-0.2, 0) is 4.79 Å². The highest BCUT2D eigenvalue weighted by atomic mass is 32.2. The maximum absolute atomic E-state index is 12.2. The number of ether oxygens (including phenoxy) is 1. The average molecular weight is 349 g/mol. The lowest BCUT2D eigenvalue weighted by Crippen LogP contribution is -2.15. The van der Waals surface area contributed by atoms with Gasteiger partial charge in [0.1, 0.15) is 5.75 Å². The molecule has 4 heteroatoms. The second-order valence-electron chi connectivity index (χ2n) is 5.37. The summed E-state index contributed by atoms with van der Waals surface area (Å²) in [6.07, 6.45) is 0.305. The molecule has 0 unspecified atom stereocenters. The van der Waals surface area contributed by atoms with Crippen LogP contribution in [0.1, 0.15) is 6.42 Å². The first-order chi connectivity index (χ1) is 12.3. The Labute approximate surface area is 152 Å². The number of hydrogen-bond donors (Lipinski definition) is 1. The summed E-state index contributed by atoms with van der Waals surface area (Å²) in [7, 11) is 0. The number of rotatable bonds is 7. The molecular formula is C21H19NO2S. The van der Waals surface area contributed by atoms with Crippen LogP contribution < -0.4 is 10.1 Å². The molecule has 0 saturated carbocycles. The lowest BCUT2D eigenvalue weighted by Gasteiger charge is -2.11. The second-order valence-corrected chi connectivity index (χ2v) is 6.49. The fourth-order valence-corrected chi connectivity index (χ4v) is 3.19. The molecule has 0 aliphatic rings. The van der Waals surface area contributed by atoms with E-state index in [0.29, 0.717) is 13.0 Å². The van der Waals surface area contributed by atoms with E-state index in [4.69, 9.17) is 4.74 Å². The smallest absolute Gasteiger partial charge is 0.227 e. The van der Waals surface area contributed by atoms with Crippen LogP contribution in [0, 0.1) is 0 Å². The number of anilines is 1. The molecule has 3 rings (SSSR count). The molecule has 0 spiro atoms. The van der Waals surface area contributed by atoms with Gasteiger partial charge in [0, 0.05) is 9.79 Å². The first-order valence-electron chi connectivity index (χ1n) is 8.11. The van der Waals surface area contributed by atoms with E-state index in [-0.39, 0.29) is 5.91 Å². The van der Waals surface area contributed by atoms with Crippen LogP contribution in [0.25, 0.3) is 0 Å². The zero-order chi connectivity index (χ0) is 17.3. The van der Waals surface area contributed by atoms with Crippen LogP contribution in [0.2, 0.25) is 0 Å². The monoisotopic (exact) mass is 349 g/mol. The van der Waals surface area contributed by atoms with Crippen molar-refractivity contribution in [1.29, 1.82) is 0 Å². The number of para-hydroxylation sites is 2. The van der Waals surface area contributed by atoms with E-state index < -0.39 is 0 Å². The lowest BCUT2D eigenvalue weighted by atomic mass is 10.3. The van der Waals surface area contributed by atoms with Crippen molar-refractivity contribution in [2.45, 2.75) is 16.2 Å². The molecule has 1 amide bonds. The molecule has 0 fully saturated rings. The quantitative estimate of drug-likeness (QED) is 0.633. The largest absolute Gasteiger partial charge is 0.493 e. The van der Waals surface area contributed by atoms with E-state index >= 15 is 0 Å². The minimum atomic E-state index is -0.0583. The third-order valence-corrected chi connectivity index (χ3v) is 4.56. The van der Waals surface area contributed by atoms with Gasteiger partial charge in [0.2, 0.25) is 5.91 Å². The Hall–Kier alpha value is -2.72. The predicted molar refractivity (Wildman–Crippen MR) is 102 cm³/mol. The van der Waals surface area contributed by atoms with Crippen LogP contribution in [0.3, 0.4) is 0 Å².